The second-order valence-electron chi connectivity index (χ2n) is 4.96. The lowest BCUT2D eigenvalue weighted by atomic mass is 10.1. The van der Waals surface area contributed by atoms with Crippen molar-refractivity contribution >= 4 is 12.2 Å². The van der Waals surface area contributed by atoms with E-state index in [9.17, 15) is 0 Å². The van der Waals surface area contributed by atoms with Crippen LogP contribution in [0, 0.1) is 4.77 Å². The lowest BCUT2D eigenvalue weighted by Gasteiger charge is -2.08. The van der Waals surface area contributed by atoms with Gasteiger partial charge in [0.15, 0.2) is 4.77 Å². The average molecular weight is 311 g/mol. The van der Waals surface area contributed by atoms with Crippen LogP contribution in [0.2, 0.25) is 0 Å². The molecule has 0 bridgehead atoms. The Labute approximate surface area is 134 Å². The lowest BCUT2D eigenvalue weighted by molar-refractivity contribution is 0.414. The van der Waals surface area contributed by atoms with E-state index in [1.807, 2.05) is 34.9 Å². The molecule has 1 N–H and O–H groups in total. The van der Waals surface area contributed by atoms with E-state index in [-0.39, 0.29) is 0 Å². The molecule has 0 spiro atoms. The van der Waals surface area contributed by atoms with Gasteiger partial charge in [-0.2, -0.15) is 5.10 Å². The van der Waals surface area contributed by atoms with Crippen LogP contribution in [0.5, 0.6) is 5.75 Å². The van der Waals surface area contributed by atoms with E-state index in [4.69, 9.17) is 17.0 Å². The fraction of sp³-hybridized carbons (Fsp3) is 0.176. The zero-order chi connectivity index (χ0) is 15.4. The van der Waals surface area contributed by atoms with Crippen molar-refractivity contribution in [3.8, 4) is 11.4 Å². The van der Waals surface area contributed by atoms with Crippen molar-refractivity contribution in [2.75, 3.05) is 7.11 Å². The minimum Gasteiger partial charge on any atom is -0.497 e. The summed E-state index contributed by atoms with van der Waals surface area (Å²) in [6.45, 7) is 0. The number of rotatable bonds is 5. The average Bonchev–Trinajstić information content (AvgIpc) is 2.95. The Kier molecular flexibility index (Phi) is 4.34. The standard InChI is InChI=1S/C17H17N3OS/c1-21-15-10-8-14(9-11-15)20-16(18-19-17(20)22)12-7-13-5-3-2-4-6-13/h2-6,8-11H,7,12H2,1H3,(H,19,22). The van der Waals surface area contributed by atoms with Gasteiger partial charge in [0.1, 0.15) is 11.6 Å². The Balaban J connectivity index is 1.85. The zero-order valence-corrected chi connectivity index (χ0v) is 13.1. The number of hydrogen-bond acceptors (Lipinski definition) is 3. The maximum Gasteiger partial charge on any atom is 0.199 e. The minimum absolute atomic E-state index is 0.605. The van der Waals surface area contributed by atoms with Gasteiger partial charge in [-0.15, -0.1) is 0 Å². The maximum atomic E-state index is 5.36. The zero-order valence-electron chi connectivity index (χ0n) is 12.3. The molecule has 1 heterocycles. The van der Waals surface area contributed by atoms with E-state index in [1.54, 1.807) is 7.11 Å². The summed E-state index contributed by atoms with van der Waals surface area (Å²) in [5.41, 5.74) is 2.28. The van der Waals surface area contributed by atoms with Gasteiger partial charge in [0.25, 0.3) is 0 Å². The van der Waals surface area contributed by atoms with Gasteiger partial charge < -0.3 is 4.74 Å². The van der Waals surface area contributed by atoms with Crippen molar-refractivity contribution in [3.05, 3.63) is 70.8 Å². The van der Waals surface area contributed by atoms with E-state index < -0.39 is 0 Å². The topological polar surface area (TPSA) is 42.8 Å². The number of benzene rings is 2. The number of ether oxygens (including phenoxy) is 1. The Morgan fingerprint density at radius 2 is 1.77 bits per heavy atom. The van der Waals surface area contributed by atoms with E-state index in [1.165, 1.54) is 5.56 Å². The van der Waals surface area contributed by atoms with Gasteiger partial charge in [-0.1, -0.05) is 30.3 Å². The van der Waals surface area contributed by atoms with Crippen molar-refractivity contribution in [2.45, 2.75) is 12.8 Å². The van der Waals surface area contributed by atoms with Crippen molar-refractivity contribution in [2.24, 2.45) is 0 Å². The summed E-state index contributed by atoms with van der Waals surface area (Å²) in [4.78, 5) is 0. The van der Waals surface area contributed by atoms with Crippen LogP contribution in [0.4, 0.5) is 0 Å². The number of H-pyrrole nitrogens is 1. The molecule has 0 fully saturated rings. The molecule has 0 unspecified atom stereocenters. The van der Waals surface area contributed by atoms with E-state index >= 15 is 0 Å². The Morgan fingerprint density at radius 3 is 2.45 bits per heavy atom. The Hall–Kier alpha value is -2.40. The number of hydrogen-bond donors (Lipinski definition) is 1. The first-order valence-electron chi connectivity index (χ1n) is 7.12. The number of nitrogens with one attached hydrogen (secondary N) is 1. The maximum absolute atomic E-state index is 5.36. The number of aryl methyl sites for hydroxylation is 2. The van der Waals surface area contributed by atoms with Crippen LogP contribution >= 0.6 is 12.2 Å². The summed E-state index contributed by atoms with van der Waals surface area (Å²) in [6, 6.07) is 18.2. The molecule has 0 saturated carbocycles. The highest BCUT2D eigenvalue weighted by Crippen LogP contribution is 2.17. The van der Waals surface area contributed by atoms with E-state index in [2.05, 4.69) is 34.5 Å². The molecular weight excluding hydrogens is 294 g/mol. The van der Waals surface area contributed by atoms with Crippen LogP contribution in [-0.2, 0) is 12.8 Å². The molecule has 2 aromatic carbocycles. The summed E-state index contributed by atoms with van der Waals surface area (Å²) >= 11 is 5.36. The smallest absolute Gasteiger partial charge is 0.199 e. The molecule has 0 amide bonds. The summed E-state index contributed by atoms with van der Waals surface area (Å²) < 4.78 is 7.77. The van der Waals surface area contributed by atoms with Gasteiger partial charge in [0, 0.05) is 12.1 Å². The number of aromatic nitrogens is 3. The Morgan fingerprint density at radius 1 is 1.05 bits per heavy atom. The fourth-order valence-corrected chi connectivity index (χ4v) is 2.65. The highest BCUT2D eigenvalue weighted by Gasteiger charge is 2.08. The molecular formula is C17H17N3OS. The largest absolute Gasteiger partial charge is 0.497 e. The number of methoxy groups -OCH3 is 1. The quantitative estimate of drug-likeness (QED) is 0.730. The predicted molar refractivity (Wildman–Crippen MR) is 89.2 cm³/mol. The molecule has 1 aromatic heterocycles. The number of nitrogens with zero attached hydrogens (tertiary/aromatic N) is 2. The molecule has 0 radical (unpaired) electrons. The monoisotopic (exact) mass is 311 g/mol. The molecule has 3 aromatic rings. The molecule has 3 rings (SSSR count). The molecule has 0 saturated heterocycles. The van der Waals surface area contributed by atoms with Crippen molar-refractivity contribution < 1.29 is 4.74 Å². The first-order chi connectivity index (χ1) is 10.8. The van der Waals surface area contributed by atoms with Crippen LogP contribution in [0.1, 0.15) is 11.4 Å². The van der Waals surface area contributed by atoms with Crippen molar-refractivity contribution in [1.29, 1.82) is 0 Å². The third-order valence-electron chi connectivity index (χ3n) is 3.55. The van der Waals surface area contributed by atoms with Gasteiger partial charge in [0.2, 0.25) is 0 Å². The highest BCUT2D eigenvalue weighted by atomic mass is 32.1. The highest BCUT2D eigenvalue weighted by molar-refractivity contribution is 7.71. The first kappa shape index (κ1) is 14.5. The normalized spacial score (nSPS) is 10.6. The molecule has 0 aliphatic rings. The first-order valence-corrected chi connectivity index (χ1v) is 7.53. The SMILES string of the molecule is COc1ccc(-n2c(CCc3ccccc3)n[nH]c2=S)cc1. The molecule has 22 heavy (non-hydrogen) atoms. The summed E-state index contributed by atoms with van der Waals surface area (Å²) in [7, 11) is 1.66. The van der Waals surface area contributed by atoms with Gasteiger partial charge in [-0.3, -0.25) is 9.67 Å². The predicted octanol–water partition coefficient (Wildman–Crippen LogP) is 3.72. The second-order valence-corrected chi connectivity index (χ2v) is 5.35. The second kappa shape index (κ2) is 6.58. The van der Waals surface area contributed by atoms with E-state index in [0.29, 0.717) is 4.77 Å². The van der Waals surface area contributed by atoms with Crippen LogP contribution in [-0.4, -0.2) is 21.9 Å². The molecule has 0 aliphatic carbocycles. The third-order valence-corrected chi connectivity index (χ3v) is 3.83. The number of aromatic amines is 1. The van der Waals surface area contributed by atoms with Crippen LogP contribution in [0.15, 0.2) is 54.6 Å². The van der Waals surface area contributed by atoms with Crippen molar-refractivity contribution in [3.63, 3.8) is 0 Å². The molecule has 0 atom stereocenters. The van der Waals surface area contributed by atoms with Crippen LogP contribution < -0.4 is 4.74 Å². The molecule has 4 nitrogen and oxygen atoms in total. The summed E-state index contributed by atoms with van der Waals surface area (Å²) in [5.74, 6) is 1.75. The van der Waals surface area contributed by atoms with Crippen LogP contribution in [0.25, 0.3) is 5.69 Å². The minimum atomic E-state index is 0.605. The Bertz CT molecular complexity index is 791. The molecule has 5 heteroatoms. The van der Waals surface area contributed by atoms with Gasteiger partial charge in [0.05, 0.1) is 7.11 Å². The fourth-order valence-electron chi connectivity index (χ4n) is 2.40. The molecule has 112 valence electrons. The van der Waals surface area contributed by atoms with Gasteiger partial charge in [-0.05, 0) is 48.5 Å². The lowest BCUT2D eigenvalue weighted by Crippen LogP contribution is -2.03. The van der Waals surface area contributed by atoms with Crippen LogP contribution in [0.3, 0.4) is 0 Å². The van der Waals surface area contributed by atoms with E-state index in [0.717, 1.165) is 30.1 Å². The van der Waals surface area contributed by atoms with Gasteiger partial charge >= 0.3 is 0 Å². The molecule has 0 aliphatic heterocycles. The van der Waals surface area contributed by atoms with Gasteiger partial charge in [-0.25, -0.2) is 0 Å². The third kappa shape index (κ3) is 3.09. The summed E-state index contributed by atoms with van der Waals surface area (Å²) in [5, 5.41) is 7.25. The van der Waals surface area contributed by atoms with Crippen molar-refractivity contribution in [1.82, 2.24) is 14.8 Å². The summed E-state index contributed by atoms with van der Waals surface area (Å²) in [6.07, 6.45) is 1.75.